The summed E-state index contributed by atoms with van der Waals surface area (Å²) >= 11 is 0. The Balaban J connectivity index is 2.30. The zero-order valence-corrected chi connectivity index (χ0v) is 16.1. The quantitative estimate of drug-likeness (QED) is 0.208. The molecule has 27 heavy (non-hydrogen) atoms. The Morgan fingerprint density at radius 2 is 1.70 bits per heavy atom. The van der Waals surface area contributed by atoms with E-state index in [1.54, 1.807) is 19.0 Å². The summed E-state index contributed by atoms with van der Waals surface area (Å²) in [4.78, 5) is 64.1. The Hall–Kier alpha value is -2.49. The molecule has 1 aliphatic heterocycles. The molecule has 0 aromatic carbocycles. The first-order valence-corrected chi connectivity index (χ1v) is 8.97. The molecule has 1 rings (SSSR count). The lowest BCUT2D eigenvalue weighted by Gasteiger charge is -2.23. The summed E-state index contributed by atoms with van der Waals surface area (Å²) in [5.74, 6) is -2.13. The molecule has 1 fully saturated rings. The van der Waals surface area contributed by atoms with Gasteiger partial charge in [0.1, 0.15) is 0 Å². The standard InChI is InChI=1S/C17H28N4O6/c1-12(22)18-10-5-4-6-13(20(2)3)17(26)19-11-9-16(25)27-21-14(23)7-8-15(21)24/h13H,4-11H2,1-3H3,(H,18,22)(H,19,26)/i1+1,11+1,12+1,19+1. The Kier molecular flexibility index (Phi) is 9.41. The molecule has 0 aliphatic carbocycles. The number of hydrogen-bond donors (Lipinski definition) is 2. The molecule has 152 valence electrons. The van der Waals surface area contributed by atoms with Crippen LogP contribution in [0.1, 0.15) is 45.4 Å². The molecule has 1 unspecified atom stereocenters. The number of unbranched alkanes of at least 4 members (excludes halogenated alkanes) is 1. The number of rotatable bonds is 11. The predicted octanol–water partition coefficient (Wildman–Crippen LogP) is -0.663. The minimum atomic E-state index is -0.754. The van der Waals surface area contributed by atoms with Gasteiger partial charge in [0, 0.05) is 32.9 Å². The van der Waals surface area contributed by atoms with Crippen LogP contribution in [0.5, 0.6) is 0 Å². The van der Waals surface area contributed by atoms with Crippen molar-refractivity contribution in [2.45, 2.75) is 51.5 Å². The van der Waals surface area contributed by atoms with Crippen LogP contribution in [0.3, 0.4) is 0 Å². The average molecular weight is 388 g/mol. The van der Waals surface area contributed by atoms with Gasteiger partial charge in [0.15, 0.2) is 0 Å². The number of carbonyl (C=O) groups excluding carboxylic acids is 5. The van der Waals surface area contributed by atoms with E-state index in [1.165, 1.54) is 6.92 Å². The Bertz CT molecular complexity index is 562. The predicted molar refractivity (Wildman–Crippen MR) is 94.8 cm³/mol. The van der Waals surface area contributed by atoms with Gasteiger partial charge in [-0.25, -0.2) is 4.79 Å². The van der Waals surface area contributed by atoms with E-state index in [0.717, 1.165) is 12.8 Å². The van der Waals surface area contributed by atoms with Gasteiger partial charge >= 0.3 is 5.97 Å². The van der Waals surface area contributed by atoms with Crippen molar-refractivity contribution in [3.63, 3.8) is 0 Å². The van der Waals surface area contributed by atoms with Gasteiger partial charge in [-0.05, 0) is 33.4 Å². The van der Waals surface area contributed by atoms with Gasteiger partial charge in [-0.3, -0.25) is 24.1 Å². The van der Waals surface area contributed by atoms with Gasteiger partial charge in [-0.1, -0.05) is 0 Å². The van der Waals surface area contributed by atoms with Crippen molar-refractivity contribution in [1.29, 1.82) is 0 Å². The molecule has 0 aromatic rings. The number of hydrogen-bond acceptors (Lipinski definition) is 7. The van der Waals surface area contributed by atoms with Gasteiger partial charge in [0.2, 0.25) is 11.8 Å². The highest BCUT2D eigenvalue weighted by Gasteiger charge is 2.32. The normalized spacial score (nSPS) is 15.0. The molecule has 0 saturated carbocycles. The Morgan fingerprint density at radius 3 is 2.26 bits per heavy atom. The largest absolute Gasteiger partial charge is 0.356 e. The van der Waals surface area contributed by atoms with Crippen molar-refractivity contribution in [2.24, 2.45) is 0 Å². The van der Waals surface area contributed by atoms with E-state index in [1.807, 2.05) is 0 Å². The van der Waals surface area contributed by atoms with Crippen LogP contribution < -0.4 is 10.6 Å². The Morgan fingerprint density at radius 1 is 1.07 bits per heavy atom. The van der Waals surface area contributed by atoms with Crippen molar-refractivity contribution in [3.05, 3.63) is 0 Å². The minimum Gasteiger partial charge on any atom is -0.356 e. The van der Waals surface area contributed by atoms with Crippen LogP contribution in [0, 0.1) is 0 Å². The second-order valence-electron chi connectivity index (χ2n) is 6.54. The summed E-state index contributed by atoms with van der Waals surface area (Å²) in [6.07, 6.45) is 2.06. The van der Waals surface area contributed by atoms with Crippen molar-refractivity contribution >= 4 is 29.6 Å². The third-order valence-corrected chi connectivity index (χ3v) is 4.03. The molecule has 2 N–H and O–H groups in total. The fourth-order valence-corrected chi connectivity index (χ4v) is 2.56. The molecule has 1 atom stereocenters. The van der Waals surface area contributed by atoms with E-state index in [-0.39, 0.29) is 43.7 Å². The molecule has 4 amide bonds. The van der Waals surface area contributed by atoms with Crippen molar-refractivity contribution < 1.29 is 28.8 Å². The van der Waals surface area contributed by atoms with Gasteiger partial charge in [0.05, 0.1) is 12.5 Å². The maximum atomic E-state index is 12.3. The highest BCUT2D eigenvalue weighted by atomic mass is 16.7. The van der Waals surface area contributed by atoms with Gasteiger partial charge < -0.3 is 15.5 Å². The van der Waals surface area contributed by atoms with Crippen molar-refractivity contribution in [2.75, 3.05) is 27.2 Å². The lowest BCUT2D eigenvalue weighted by atomic mass is 10.1. The number of amides is 4. The summed E-state index contributed by atoms with van der Waals surface area (Å²) < 4.78 is 0. The highest BCUT2D eigenvalue weighted by molar-refractivity contribution is 6.01. The first kappa shape index (κ1) is 22.6. The second-order valence-corrected chi connectivity index (χ2v) is 6.54. The van der Waals surface area contributed by atoms with Crippen LogP contribution in [-0.4, -0.2) is 72.8 Å². The molecule has 0 bridgehead atoms. The summed E-state index contributed by atoms with van der Waals surface area (Å²) in [6, 6.07) is -0.361. The van der Waals surface area contributed by atoms with E-state index in [2.05, 4.69) is 10.6 Å². The molecule has 0 radical (unpaired) electrons. The number of nitrogens with zero attached hydrogens (tertiary/aromatic N) is 2. The van der Waals surface area contributed by atoms with Gasteiger partial charge in [-0.2, -0.15) is 0 Å². The number of likely N-dealkylation sites (N-methyl/N-ethyl adjacent to an activating group) is 1. The third kappa shape index (κ3) is 8.16. The molecular formula is C17H28N4O6. The topological polar surface area (TPSA) is 125 Å². The van der Waals surface area contributed by atoms with Crippen molar-refractivity contribution in [1.82, 2.24) is 20.6 Å². The lowest BCUT2D eigenvalue weighted by molar-refractivity contribution is -0.197. The van der Waals surface area contributed by atoms with Gasteiger partial charge in [-0.15, -0.1) is 5.06 Å². The molecular weight excluding hydrogens is 360 g/mol. The van der Waals surface area contributed by atoms with E-state index >= 15 is 0 Å². The summed E-state index contributed by atoms with van der Waals surface area (Å²) in [5.41, 5.74) is 0. The maximum Gasteiger partial charge on any atom is 0.334 e. The fraction of sp³-hybridized carbons (Fsp3) is 0.706. The molecule has 10 heteroatoms. The summed E-state index contributed by atoms with van der Waals surface area (Å²) in [7, 11) is 3.58. The van der Waals surface area contributed by atoms with Crippen LogP contribution in [0.25, 0.3) is 0 Å². The van der Waals surface area contributed by atoms with E-state index in [4.69, 9.17) is 4.84 Å². The number of carbonyl (C=O) groups is 5. The highest BCUT2D eigenvalue weighted by Crippen LogP contribution is 2.12. The molecule has 1 saturated heterocycles. The second kappa shape index (κ2) is 11.3. The number of hydroxylamine groups is 2. The molecule has 0 aromatic heterocycles. The smallest absolute Gasteiger partial charge is 0.334 e. The van der Waals surface area contributed by atoms with Crippen LogP contribution in [0.2, 0.25) is 0 Å². The molecule has 0 spiro atoms. The monoisotopic (exact) mass is 388 g/mol. The number of imide groups is 1. The zero-order chi connectivity index (χ0) is 20.4. The van der Waals surface area contributed by atoms with Crippen molar-refractivity contribution in [3.8, 4) is 0 Å². The van der Waals surface area contributed by atoms with Crippen LogP contribution in [0.4, 0.5) is 0 Å². The fourth-order valence-electron chi connectivity index (χ4n) is 2.56. The van der Waals surface area contributed by atoms with Crippen LogP contribution in [-0.2, 0) is 28.8 Å². The van der Waals surface area contributed by atoms with Crippen LogP contribution in [0.15, 0.2) is 0 Å². The van der Waals surface area contributed by atoms with E-state index < -0.39 is 17.8 Å². The lowest BCUT2D eigenvalue weighted by Crippen LogP contribution is -2.44. The van der Waals surface area contributed by atoms with E-state index in [0.29, 0.717) is 18.0 Å². The first-order chi connectivity index (χ1) is 12.7. The maximum absolute atomic E-state index is 12.3. The molecule has 1 heterocycles. The van der Waals surface area contributed by atoms with Gasteiger partial charge in [0.25, 0.3) is 11.8 Å². The SMILES string of the molecule is CN(C)C(CCCCN[13C]([13CH3])=O)C(=O)[15NH][13CH2]CC(=O)ON1C(=O)CCC1=O. The molecule has 10 nitrogen and oxygen atoms in total. The van der Waals surface area contributed by atoms with Crippen LogP contribution >= 0.6 is 0 Å². The van der Waals surface area contributed by atoms with E-state index in [9.17, 15) is 24.0 Å². The number of nitrogens with one attached hydrogen (secondary N) is 2. The minimum absolute atomic E-state index is 0.0370. The third-order valence-electron chi connectivity index (χ3n) is 4.03. The Labute approximate surface area is 158 Å². The first-order valence-electron chi connectivity index (χ1n) is 8.97. The summed E-state index contributed by atoms with van der Waals surface area (Å²) in [6.45, 7) is 2.07. The summed E-state index contributed by atoms with van der Waals surface area (Å²) in [5, 5.41) is 5.85. The average Bonchev–Trinajstić information content (AvgIpc) is 2.89. The molecule has 1 aliphatic rings. The zero-order valence-electron chi connectivity index (χ0n) is 16.1.